The van der Waals surface area contributed by atoms with E-state index in [4.69, 9.17) is 9.97 Å². The van der Waals surface area contributed by atoms with Crippen LogP contribution in [0.25, 0.3) is 10.2 Å². The van der Waals surface area contributed by atoms with E-state index < -0.39 is 0 Å². The second kappa shape index (κ2) is 9.53. The molecule has 1 aliphatic heterocycles. The van der Waals surface area contributed by atoms with Crippen molar-refractivity contribution >= 4 is 39.1 Å². The zero-order chi connectivity index (χ0) is 23.8. The summed E-state index contributed by atoms with van der Waals surface area (Å²) in [4.78, 5) is 30.0. The number of hydrogen-bond acceptors (Lipinski definition) is 5. The van der Waals surface area contributed by atoms with E-state index in [9.17, 15) is 4.79 Å². The molecule has 5 rings (SSSR count). The lowest BCUT2D eigenvalue weighted by Crippen LogP contribution is -2.50. The number of fused-ring (bicyclic) bond motifs is 3. The maximum atomic E-state index is 13.0. The predicted molar refractivity (Wildman–Crippen MR) is 141 cm³/mol. The average Bonchev–Trinajstić information content (AvgIpc) is 3.18. The number of para-hydroxylation sites is 1. The van der Waals surface area contributed by atoms with Crippen molar-refractivity contribution in [2.24, 2.45) is 5.92 Å². The van der Waals surface area contributed by atoms with Gasteiger partial charge in [0, 0.05) is 43.2 Å². The number of hydrogen-bond donors (Lipinski definition) is 1. The lowest BCUT2D eigenvalue weighted by atomic mass is 9.89. The molecule has 1 saturated heterocycles. The maximum Gasteiger partial charge on any atom is 0.321 e. The molecule has 6 nitrogen and oxygen atoms in total. The average molecular weight is 478 g/mol. The third-order valence-corrected chi connectivity index (χ3v) is 8.38. The van der Waals surface area contributed by atoms with Crippen LogP contribution >= 0.6 is 11.3 Å². The fourth-order valence-electron chi connectivity index (χ4n) is 5.25. The van der Waals surface area contributed by atoms with E-state index in [1.165, 1.54) is 22.2 Å². The van der Waals surface area contributed by atoms with Gasteiger partial charge in [0.1, 0.15) is 16.5 Å². The zero-order valence-corrected chi connectivity index (χ0v) is 21.6. The highest BCUT2D eigenvalue weighted by Gasteiger charge is 2.28. The van der Waals surface area contributed by atoms with E-state index in [0.717, 1.165) is 78.0 Å². The molecule has 34 heavy (non-hydrogen) atoms. The molecule has 1 aromatic carbocycles. The Morgan fingerprint density at radius 3 is 2.59 bits per heavy atom. The van der Waals surface area contributed by atoms with E-state index in [1.54, 1.807) is 0 Å². The van der Waals surface area contributed by atoms with Gasteiger partial charge in [0.25, 0.3) is 0 Å². The Balaban J connectivity index is 1.37. The molecule has 1 unspecified atom stereocenters. The molecule has 1 atom stereocenters. The van der Waals surface area contributed by atoms with Crippen molar-refractivity contribution in [1.29, 1.82) is 0 Å². The molecule has 2 aliphatic rings. The van der Waals surface area contributed by atoms with E-state index in [2.05, 4.69) is 24.1 Å². The van der Waals surface area contributed by atoms with Crippen LogP contribution in [0.15, 0.2) is 18.2 Å². The number of aromatic nitrogens is 2. The number of thiophene rings is 1. The number of benzene rings is 1. The summed E-state index contributed by atoms with van der Waals surface area (Å²) in [6.07, 6.45) is 5.46. The van der Waals surface area contributed by atoms with Crippen molar-refractivity contribution in [2.45, 2.75) is 59.8 Å². The number of nitrogens with one attached hydrogen (secondary N) is 1. The SMILES string of the molecule is CCCc1nc(N2CCN(C(=O)Nc3c(C)cccc3C)CC2)c2c3c(sc2n1)CC(C)CC3. The molecule has 7 heteroatoms. The molecule has 0 bridgehead atoms. The van der Waals surface area contributed by atoms with Crippen LogP contribution in [0.2, 0.25) is 0 Å². The summed E-state index contributed by atoms with van der Waals surface area (Å²) < 4.78 is 0. The largest absolute Gasteiger partial charge is 0.352 e. The summed E-state index contributed by atoms with van der Waals surface area (Å²) in [6.45, 7) is 11.6. The van der Waals surface area contributed by atoms with Crippen LogP contribution in [0, 0.1) is 19.8 Å². The van der Waals surface area contributed by atoms with Gasteiger partial charge in [-0.3, -0.25) is 0 Å². The van der Waals surface area contributed by atoms with Crippen LogP contribution in [0.4, 0.5) is 16.3 Å². The minimum atomic E-state index is -0.0153. The third kappa shape index (κ3) is 4.38. The van der Waals surface area contributed by atoms with E-state index >= 15 is 0 Å². The fourth-order valence-corrected chi connectivity index (χ4v) is 6.65. The third-order valence-electron chi connectivity index (χ3n) is 7.24. The first-order chi connectivity index (χ1) is 16.4. The monoisotopic (exact) mass is 477 g/mol. The van der Waals surface area contributed by atoms with Crippen LogP contribution in [-0.4, -0.2) is 47.1 Å². The Morgan fingerprint density at radius 2 is 1.88 bits per heavy atom. The Kier molecular flexibility index (Phi) is 6.47. The highest BCUT2D eigenvalue weighted by molar-refractivity contribution is 7.19. The van der Waals surface area contributed by atoms with E-state index in [0.29, 0.717) is 13.1 Å². The number of aryl methyl sites for hydroxylation is 4. The van der Waals surface area contributed by atoms with Crippen LogP contribution in [0.3, 0.4) is 0 Å². The molecule has 1 N–H and O–H groups in total. The smallest absolute Gasteiger partial charge is 0.321 e. The summed E-state index contributed by atoms with van der Waals surface area (Å²) in [5, 5.41) is 4.42. The molecule has 1 aliphatic carbocycles. The summed E-state index contributed by atoms with van der Waals surface area (Å²) in [6, 6.07) is 6.09. The molecule has 0 spiro atoms. The van der Waals surface area contributed by atoms with Gasteiger partial charge >= 0.3 is 6.03 Å². The second-order valence-corrected chi connectivity index (χ2v) is 11.0. The van der Waals surface area contributed by atoms with Crippen molar-refractivity contribution in [1.82, 2.24) is 14.9 Å². The predicted octanol–water partition coefficient (Wildman–Crippen LogP) is 5.74. The number of nitrogens with zero attached hydrogens (tertiary/aromatic N) is 4. The minimum Gasteiger partial charge on any atom is -0.352 e. The van der Waals surface area contributed by atoms with Gasteiger partial charge in [0.2, 0.25) is 0 Å². The van der Waals surface area contributed by atoms with Crippen molar-refractivity contribution in [3.63, 3.8) is 0 Å². The summed E-state index contributed by atoms with van der Waals surface area (Å²) in [5.74, 6) is 2.79. The number of urea groups is 1. The Labute approximate surface area is 206 Å². The molecular weight excluding hydrogens is 442 g/mol. The van der Waals surface area contributed by atoms with E-state index in [1.807, 2.05) is 48.3 Å². The van der Waals surface area contributed by atoms with Gasteiger partial charge in [0.05, 0.1) is 5.39 Å². The van der Waals surface area contributed by atoms with Crippen LogP contribution < -0.4 is 10.2 Å². The molecule has 3 aromatic rings. The van der Waals surface area contributed by atoms with Crippen LogP contribution in [0.1, 0.15) is 54.1 Å². The molecule has 2 amide bonds. The first-order valence-electron chi connectivity index (χ1n) is 12.6. The van der Waals surface area contributed by atoms with Crippen molar-refractivity contribution in [2.75, 3.05) is 36.4 Å². The lowest BCUT2D eigenvalue weighted by Gasteiger charge is -2.36. The fraction of sp³-hybridized carbons (Fsp3) is 0.519. The van der Waals surface area contributed by atoms with Crippen LogP contribution in [0.5, 0.6) is 0 Å². The highest BCUT2D eigenvalue weighted by atomic mass is 32.1. The molecule has 1 fully saturated rings. The summed E-state index contributed by atoms with van der Waals surface area (Å²) in [7, 11) is 0. The number of anilines is 2. The molecule has 3 heterocycles. The normalized spacial score (nSPS) is 18.3. The number of rotatable bonds is 4. The molecule has 2 aromatic heterocycles. The minimum absolute atomic E-state index is 0.0153. The Hall–Kier alpha value is -2.67. The lowest BCUT2D eigenvalue weighted by molar-refractivity contribution is 0.208. The van der Waals surface area contributed by atoms with Crippen LogP contribution in [-0.2, 0) is 19.3 Å². The van der Waals surface area contributed by atoms with Gasteiger partial charge in [0.15, 0.2) is 0 Å². The van der Waals surface area contributed by atoms with Gasteiger partial charge in [-0.05, 0) is 62.1 Å². The summed E-state index contributed by atoms with van der Waals surface area (Å²) >= 11 is 1.88. The topological polar surface area (TPSA) is 61.4 Å². The van der Waals surface area contributed by atoms with Gasteiger partial charge in [-0.1, -0.05) is 32.0 Å². The van der Waals surface area contributed by atoms with Crippen molar-refractivity contribution in [3.8, 4) is 0 Å². The molecular formula is C27H35N5OS. The number of amides is 2. The second-order valence-electron chi connectivity index (χ2n) is 9.92. The van der Waals surface area contributed by atoms with Gasteiger partial charge in [-0.25, -0.2) is 14.8 Å². The number of piperazine rings is 1. The maximum absolute atomic E-state index is 13.0. The quantitative estimate of drug-likeness (QED) is 0.521. The van der Waals surface area contributed by atoms with Gasteiger partial charge in [-0.15, -0.1) is 11.3 Å². The number of carbonyl (C=O) groups is 1. The van der Waals surface area contributed by atoms with Crippen molar-refractivity contribution < 1.29 is 4.79 Å². The van der Waals surface area contributed by atoms with Gasteiger partial charge in [-0.2, -0.15) is 0 Å². The van der Waals surface area contributed by atoms with E-state index in [-0.39, 0.29) is 6.03 Å². The highest BCUT2D eigenvalue weighted by Crippen LogP contribution is 2.41. The molecule has 180 valence electrons. The van der Waals surface area contributed by atoms with Crippen molar-refractivity contribution in [3.05, 3.63) is 45.6 Å². The first-order valence-corrected chi connectivity index (χ1v) is 13.4. The molecule has 0 saturated carbocycles. The molecule has 0 radical (unpaired) electrons. The summed E-state index contributed by atoms with van der Waals surface area (Å²) in [5.41, 5.74) is 4.59. The van der Waals surface area contributed by atoms with Gasteiger partial charge < -0.3 is 15.1 Å². The standard InChI is InChI=1S/C27H35N5OS/c1-5-7-22-28-25(23-20-11-10-17(2)16-21(20)34-26(23)29-22)31-12-14-32(15-13-31)27(33)30-24-18(3)8-6-9-19(24)4/h6,8-9,17H,5,7,10-16H2,1-4H3,(H,30,33). The zero-order valence-electron chi connectivity index (χ0n) is 20.8. The first kappa shape index (κ1) is 23.1. The Bertz CT molecular complexity index is 1190. The number of carbonyl (C=O) groups excluding carboxylic acids is 1. The Morgan fingerprint density at radius 1 is 1.15 bits per heavy atom.